The number of aromatic amines is 1. The van der Waals surface area contributed by atoms with Crippen LogP contribution in [0.1, 0.15) is 17.0 Å². The molecule has 26 heavy (non-hydrogen) atoms. The normalized spacial score (nSPS) is 11.0. The summed E-state index contributed by atoms with van der Waals surface area (Å²) in [6.45, 7) is 0.500. The highest BCUT2D eigenvalue weighted by molar-refractivity contribution is 7.99. The number of nitrogens with zero attached hydrogens (tertiary/aromatic N) is 2. The molecule has 0 radical (unpaired) electrons. The highest BCUT2D eigenvalue weighted by atomic mass is 32.2. The van der Waals surface area contributed by atoms with Crippen molar-refractivity contribution in [1.82, 2.24) is 20.5 Å². The van der Waals surface area contributed by atoms with Crippen LogP contribution in [0, 0.1) is 5.82 Å². The molecule has 0 aliphatic carbocycles. The fourth-order valence-electron chi connectivity index (χ4n) is 2.12. The standard InChI is InChI=1S/C19H17FN4OS/c20-16-9-6-14(7-10-16)8-11-17-22-19(24-23-17)26-13-18(25)21-12-15-4-2-1-3-5-15/h1-11H,12-13H2,(H,21,25)(H,22,23,24)/b11-8+. The van der Waals surface area contributed by atoms with Crippen LogP contribution in [0.15, 0.2) is 59.8 Å². The Morgan fingerprint density at radius 2 is 1.88 bits per heavy atom. The number of rotatable bonds is 7. The summed E-state index contributed by atoms with van der Waals surface area (Å²) < 4.78 is 12.9. The summed E-state index contributed by atoms with van der Waals surface area (Å²) in [7, 11) is 0. The maximum absolute atomic E-state index is 12.9. The Morgan fingerprint density at radius 3 is 2.65 bits per heavy atom. The monoisotopic (exact) mass is 368 g/mol. The summed E-state index contributed by atoms with van der Waals surface area (Å²) in [5.74, 6) is 0.464. The van der Waals surface area contributed by atoms with Gasteiger partial charge in [0, 0.05) is 6.54 Å². The van der Waals surface area contributed by atoms with E-state index in [2.05, 4.69) is 20.5 Å². The Labute approximate surface area is 154 Å². The third-order valence-corrected chi connectivity index (χ3v) is 4.30. The van der Waals surface area contributed by atoms with Gasteiger partial charge < -0.3 is 5.32 Å². The van der Waals surface area contributed by atoms with E-state index in [4.69, 9.17) is 0 Å². The van der Waals surface area contributed by atoms with E-state index in [0.29, 0.717) is 17.5 Å². The van der Waals surface area contributed by atoms with E-state index in [0.717, 1.165) is 11.1 Å². The van der Waals surface area contributed by atoms with Gasteiger partial charge in [0.05, 0.1) is 5.75 Å². The molecule has 1 amide bonds. The minimum Gasteiger partial charge on any atom is -0.351 e. The quantitative estimate of drug-likeness (QED) is 0.626. The number of hydrogen-bond donors (Lipinski definition) is 2. The molecule has 1 heterocycles. The molecular weight excluding hydrogens is 351 g/mol. The zero-order valence-corrected chi connectivity index (χ0v) is 14.7. The van der Waals surface area contributed by atoms with E-state index >= 15 is 0 Å². The Bertz CT molecular complexity index is 878. The largest absolute Gasteiger partial charge is 0.351 e. The molecule has 132 valence electrons. The second-order valence-corrected chi connectivity index (χ2v) is 6.38. The van der Waals surface area contributed by atoms with Crippen molar-refractivity contribution >= 4 is 29.8 Å². The van der Waals surface area contributed by atoms with Crippen molar-refractivity contribution < 1.29 is 9.18 Å². The van der Waals surface area contributed by atoms with Crippen LogP contribution < -0.4 is 5.32 Å². The minimum atomic E-state index is -0.272. The number of H-pyrrole nitrogens is 1. The molecule has 0 unspecified atom stereocenters. The van der Waals surface area contributed by atoms with Crippen molar-refractivity contribution in [3.63, 3.8) is 0 Å². The van der Waals surface area contributed by atoms with E-state index in [1.165, 1.54) is 23.9 Å². The number of carbonyl (C=O) groups excluding carboxylic acids is 1. The number of halogens is 1. The number of nitrogens with one attached hydrogen (secondary N) is 2. The first-order chi connectivity index (χ1) is 12.7. The third-order valence-electron chi connectivity index (χ3n) is 3.45. The van der Waals surface area contributed by atoms with Crippen LogP contribution in [0.2, 0.25) is 0 Å². The predicted octanol–water partition coefficient (Wildman–Crippen LogP) is 3.52. The first-order valence-corrected chi connectivity index (χ1v) is 8.97. The van der Waals surface area contributed by atoms with Crippen LogP contribution in [-0.4, -0.2) is 26.8 Å². The topological polar surface area (TPSA) is 70.7 Å². The summed E-state index contributed by atoms with van der Waals surface area (Å²) in [4.78, 5) is 16.2. The van der Waals surface area contributed by atoms with Gasteiger partial charge >= 0.3 is 0 Å². The van der Waals surface area contributed by atoms with Gasteiger partial charge in [-0.1, -0.05) is 60.3 Å². The molecule has 1 aromatic heterocycles. The van der Waals surface area contributed by atoms with Crippen LogP contribution in [0.25, 0.3) is 12.2 Å². The first-order valence-electron chi connectivity index (χ1n) is 7.98. The Kier molecular flexibility index (Phi) is 6.16. The van der Waals surface area contributed by atoms with E-state index in [9.17, 15) is 9.18 Å². The molecule has 3 aromatic rings. The average Bonchev–Trinajstić information content (AvgIpc) is 3.13. The Hall–Kier alpha value is -2.93. The highest BCUT2D eigenvalue weighted by Gasteiger charge is 2.06. The molecule has 0 aliphatic heterocycles. The van der Waals surface area contributed by atoms with Crippen molar-refractivity contribution in [1.29, 1.82) is 0 Å². The second-order valence-electron chi connectivity index (χ2n) is 5.44. The van der Waals surface area contributed by atoms with Gasteiger partial charge in [-0.3, -0.25) is 9.89 Å². The predicted molar refractivity (Wildman–Crippen MR) is 101 cm³/mol. The smallest absolute Gasteiger partial charge is 0.230 e. The SMILES string of the molecule is O=C(CSc1n[nH]c(/C=C/c2ccc(F)cc2)n1)NCc1ccccc1. The van der Waals surface area contributed by atoms with Crippen LogP contribution in [0.3, 0.4) is 0 Å². The van der Waals surface area contributed by atoms with Crippen LogP contribution in [0.5, 0.6) is 0 Å². The van der Waals surface area contributed by atoms with Crippen molar-refractivity contribution in [3.05, 3.63) is 77.4 Å². The summed E-state index contributed by atoms with van der Waals surface area (Å²) in [6.07, 6.45) is 3.56. The van der Waals surface area contributed by atoms with Gasteiger partial charge in [-0.15, -0.1) is 5.10 Å². The maximum Gasteiger partial charge on any atom is 0.230 e. The highest BCUT2D eigenvalue weighted by Crippen LogP contribution is 2.13. The number of benzene rings is 2. The maximum atomic E-state index is 12.9. The summed E-state index contributed by atoms with van der Waals surface area (Å²) in [5.41, 5.74) is 1.91. The zero-order valence-electron chi connectivity index (χ0n) is 13.9. The lowest BCUT2D eigenvalue weighted by Crippen LogP contribution is -2.24. The molecule has 3 rings (SSSR count). The van der Waals surface area contributed by atoms with Crippen molar-refractivity contribution in [2.24, 2.45) is 0 Å². The zero-order chi connectivity index (χ0) is 18.2. The van der Waals surface area contributed by atoms with Gasteiger partial charge in [0.25, 0.3) is 0 Å². The van der Waals surface area contributed by atoms with Crippen molar-refractivity contribution in [3.8, 4) is 0 Å². The number of thioether (sulfide) groups is 1. The van der Waals surface area contributed by atoms with Gasteiger partial charge in [0.15, 0.2) is 0 Å². The molecule has 0 saturated heterocycles. The van der Waals surface area contributed by atoms with Gasteiger partial charge in [0.1, 0.15) is 11.6 Å². The molecular formula is C19H17FN4OS. The lowest BCUT2D eigenvalue weighted by molar-refractivity contribution is -0.118. The number of carbonyl (C=O) groups is 1. The molecule has 0 bridgehead atoms. The van der Waals surface area contributed by atoms with Crippen LogP contribution in [-0.2, 0) is 11.3 Å². The first kappa shape index (κ1) is 17.9. The molecule has 2 aromatic carbocycles. The molecule has 7 heteroatoms. The van der Waals surface area contributed by atoms with E-state index in [-0.39, 0.29) is 17.5 Å². The second kappa shape index (κ2) is 8.96. The molecule has 0 saturated carbocycles. The van der Waals surface area contributed by atoms with Crippen LogP contribution in [0.4, 0.5) is 4.39 Å². The summed E-state index contributed by atoms with van der Waals surface area (Å²) in [5, 5.41) is 10.2. The van der Waals surface area contributed by atoms with Gasteiger partial charge in [-0.05, 0) is 29.3 Å². The fourth-order valence-corrected chi connectivity index (χ4v) is 2.76. The van der Waals surface area contributed by atoms with Crippen LogP contribution >= 0.6 is 11.8 Å². The lowest BCUT2D eigenvalue weighted by Gasteiger charge is -2.03. The van der Waals surface area contributed by atoms with Crippen molar-refractivity contribution in [2.45, 2.75) is 11.7 Å². The van der Waals surface area contributed by atoms with E-state index < -0.39 is 0 Å². The average molecular weight is 368 g/mol. The summed E-state index contributed by atoms with van der Waals surface area (Å²) in [6, 6.07) is 15.9. The van der Waals surface area contributed by atoms with Crippen molar-refractivity contribution in [2.75, 3.05) is 5.75 Å². The number of amides is 1. The summed E-state index contributed by atoms with van der Waals surface area (Å²) >= 11 is 1.26. The Balaban J connectivity index is 1.46. The molecule has 5 nitrogen and oxygen atoms in total. The van der Waals surface area contributed by atoms with E-state index in [1.54, 1.807) is 24.3 Å². The van der Waals surface area contributed by atoms with Gasteiger partial charge in [0.2, 0.25) is 11.1 Å². The molecule has 0 spiro atoms. The number of aromatic nitrogens is 3. The lowest BCUT2D eigenvalue weighted by atomic mass is 10.2. The number of hydrogen-bond acceptors (Lipinski definition) is 4. The molecule has 2 N–H and O–H groups in total. The molecule has 0 aliphatic rings. The van der Waals surface area contributed by atoms with Gasteiger partial charge in [-0.25, -0.2) is 9.37 Å². The van der Waals surface area contributed by atoms with Gasteiger partial charge in [-0.2, -0.15) is 0 Å². The molecule has 0 atom stereocenters. The Morgan fingerprint density at radius 1 is 1.12 bits per heavy atom. The van der Waals surface area contributed by atoms with E-state index in [1.807, 2.05) is 30.3 Å². The third kappa shape index (κ3) is 5.56. The minimum absolute atomic E-state index is 0.0768. The fraction of sp³-hybridized carbons (Fsp3) is 0.105. The molecule has 0 fully saturated rings.